The van der Waals surface area contributed by atoms with Gasteiger partial charge in [0.25, 0.3) is 5.91 Å². The molecule has 176 valence electrons. The first kappa shape index (κ1) is 23.9. The van der Waals surface area contributed by atoms with Gasteiger partial charge in [0.15, 0.2) is 6.61 Å². The van der Waals surface area contributed by atoms with Crippen LogP contribution >= 0.6 is 23.2 Å². The monoisotopic (exact) mass is 497 g/mol. The van der Waals surface area contributed by atoms with E-state index in [2.05, 4.69) is 39.7 Å². The summed E-state index contributed by atoms with van der Waals surface area (Å²) in [6, 6.07) is 19.2. The molecule has 1 aliphatic rings. The van der Waals surface area contributed by atoms with E-state index in [1.165, 1.54) is 11.3 Å². The molecule has 1 amide bonds. The highest BCUT2D eigenvalue weighted by Gasteiger charge is 2.18. The van der Waals surface area contributed by atoms with Crippen LogP contribution in [0.2, 0.25) is 10.0 Å². The molecule has 1 aliphatic heterocycles. The third-order valence-electron chi connectivity index (χ3n) is 5.53. The van der Waals surface area contributed by atoms with Gasteiger partial charge in [-0.05, 0) is 66.4 Å². The number of methoxy groups -OCH3 is 1. The van der Waals surface area contributed by atoms with E-state index in [1.807, 2.05) is 18.2 Å². The van der Waals surface area contributed by atoms with Crippen molar-refractivity contribution < 1.29 is 14.3 Å². The zero-order chi connectivity index (χ0) is 23.9. The summed E-state index contributed by atoms with van der Waals surface area (Å²) in [5, 5.41) is 4.89. The number of amides is 1. The number of hydrogen-bond donors (Lipinski definition) is 1. The zero-order valence-corrected chi connectivity index (χ0v) is 20.3. The van der Waals surface area contributed by atoms with Crippen molar-refractivity contribution in [2.24, 2.45) is 5.10 Å². The number of hydrogen-bond acceptors (Lipinski definition) is 5. The van der Waals surface area contributed by atoms with Crippen LogP contribution in [0.5, 0.6) is 11.5 Å². The zero-order valence-electron chi connectivity index (χ0n) is 18.8. The summed E-state index contributed by atoms with van der Waals surface area (Å²) in [6.45, 7) is 1.50. The summed E-state index contributed by atoms with van der Waals surface area (Å²) in [6.07, 6.45) is 3.82. The first-order valence-corrected chi connectivity index (χ1v) is 11.7. The molecule has 0 radical (unpaired) electrons. The van der Waals surface area contributed by atoms with E-state index < -0.39 is 5.91 Å². The number of ether oxygens (including phenoxy) is 2. The first-order valence-electron chi connectivity index (χ1n) is 10.9. The lowest BCUT2D eigenvalue weighted by molar-refractivity contribution is -0.123. The van der Waals surface area contributed by atoms with Gasteiger partial charge in [-0.25, -0.2) is 5.43 Å². The molecule has 0 unspecified atom stereocenters. The summed E-state index contributed by atoms with van der Waals surface area (Å²) in [5.41, 5.74) is 7.01. The average molecular weight is 498 g/mol. The Balaban J connectivity index is 1.38. The van der Waals surface area contributed by atoms with Crippen molar-refractivity contribution in [3.63, 3.8) is 0 Å². The van der Waals surface area contributed by atoms with Crippen molar-refractivity contribution >= 4 is 41.0 Å². The summed E-state index contributed by atoms with van der Waals surface area (Å²) in [5.74, 6) is 0.794. The van der Waals surface area contributed by atoms with Crippen LogP contribution in [0.4, 0.5) is 5.69 Å². The molecule has 0 aromatic heterocycles. The quantitative estimate of drug-likeness (QED) is 0.330. The van der Waals surface area contributed by atoms with Crippen LogP contribution in [-0.2, 0) is 17.8 Å². The van der Waals surface area contributed by atoms with E-state index >= 15 is 0 Å². The van der Waals surface area contributed by atoms with E-state index in [-0.39, 0.29) is 6.61 Å². The third kappa shape index (κ3) is 6.01. The Labute approximate surface area is 209 Å². The number of carbonyl (C=O) groups excluding carboxylic acids is 1. The lowest BCUT2D eigenvalue weighted by Gasteiger charge is -2.31. The molecule has 8 heteroatoms. The second-order valence-electron chi connectivity index (χ2n) is 7.88. The number of aryl methyl sites for hydroxylation is 1. The molecule has 0 atom stereocenters. The van der Waals surface area contributed by atoms with Gasteiger partial charge in [-0.15, -0.1) is 0 Å². The van der Waals surface area contributed by atoms with Gasteiger partial charge in [-0.3, -0.25) is 4.79 Å². The van der Waals surface area contributed by atoms with E-state index in [0.29, 0.717) is 15.8 Å². The van der Waals surface area contributed by atoms with Crippen LogP contribution in [0.3, 0.4) is 0 Å². The van der Waals surface area contributed by atoms with Crippen molar-refractivity contribution in [2.75, 3.05) is 25.2 Å². The van der Waals surface area contributed by atoms with E-state index in [4.69, 9.17) is 32.7 Å². The highest BCUT2D eigenvalue weighted by atomic mass is 35.5. The van der Waals surface area contributed by atoms with Gasteiger partial charge >= 0.3 is 0 Å². The van der Waals surface area contributed by atoms with Crippen LogP contribution in [0.1, 0.15) is 23.1 Å². The molecule has 0 saturated heterocycles. The molecule has 1 heterocycles. The maximum absolute atomic E-state index is 12.1. The van der Waals surface area contributed by atoms with E-state index in [9.17, 15) is 4.79 Å². The minimum absolute atomic E-state index is 0.221. The van der Waals surface area contributed by atoms with Gasteiger partial charge in [0, 0.05) is 29.4 Å². The lowest BCUT2D eigenvalue weighted by Crippen LogP contribution is -2.29. The van der Waals surface area contributed by atoms with E-state index in [1.54, 1.807) is 31.5 Å². The smallest absolute Gasteiger partial charge is 0.277 e. The fourth-order valence-electron chi connectivity index (χ4n) is 3.93. The molecule has 0 spiro atoms. The molecule has 1 N–H and O–H groups in total. The molecule has 3 aromatic carbocycles. The van der Waals surface area contributed by atoms with Gasteiger partial charge < -0.3 is 14.4 Å². The van der Waals surface area contributed by atoms with Gasteiger partial charge in [0.1, 0.15) is 11.5 Å². The number of nitrogens with zero attached hydrogens (tertiary/aromatic N) is 2. The van der Waals surface area contributed by atoms with Crippen molar-refractivity contribution in [1.29, 1.82) is 0 Å². The van der Waals surface area contributed by atoms with Crippen LogP contribution in [0.15, 0.2) is 65.8 Å². The van der Waals surface area contributed by atoms with Crippen LogP contribution in [-0.4, -0.2) is 32.4 Å². The van der Waals surface area contributed by atoms with Gasteiger partial charge in [-0.1, -0.05) is 41.4 Å². The summed E-state index contributed by atoms with van der Waals surface area (Å²) >= 11 is 11.9. The fraction of sp³-hybridized carbons (Fsp3) is 0.231. The lowest BCUT2D eigenvalue weighted by atomic mass is 10.0. The summed E-state index contributed by atoms with van der Waals surface area (Å²) in [7, 11) is 1.67. The maximum Gasteiger partial charge on any atom is 0.277 e. The second kappa shape index (κ2) is 11.3. The van der Waals surface area contributed by atoms with E-state index in [0.717, 1.165) is 42.8 Å². The Morgan fingerprint density at radius 1 is 1.12 bits per heavy atom. The summed E-state index contributed by atoms with van der Waals surface area (Å²) < 4.78 is 11.0. The maximum atomic E-state index is 12.1. The number of benzene rings is 3. The SMILES string of the molecule is COc1ccc(C=NNC(=O)COc2ccc(Cl)cc2Cl)cc1CN1CCCc2ccccc21. The molecule has 0 aliphatic carbocycles. The second-order valence-corrected chi connectivity index (χ2v) is 8.73. The highest BCUT2D eigenvalue weighted by Crippen LogP contribution is 2.30. The third-order valence-corrected chi connectivity index (χ3v) is 6.06. The van der Waals surface area contributed by atoms with Gasteiger partial charge in [0.05, 0.1) is 18.3 Å². The normalized spacial score (nSPS) is 13.0. The Hall–Kier alpha value is -3.22. The number of nitrogens with one attached hydrogen (secondary N) is 1. The number of halogens is 2. The van der Waals surface area contributed by atoms with Crippen LogP contribution < -0.4 is 19.8 Å². The van der Waals surface area contributed by atoms with Crippen LogP contribution in [0, 0.1) is 0 Å². The largest absolute Gasteiger partial charge is 0.496 e. The number of fused-ring (bicyclic) bond motifs is 1. The molecule has 6 nitrogen and oxygen atoms in total. The van der Waals surface area contributed by atoms with Gasteiger partial charge in [-0.2, -0.15) is 5.10 Å². The number of carbonyl (C=O) groups is 1. The number of hydrazone groups is 1. The van der Waals surface area contributed by atoms with Crippen LogP contribution in [0.25, 0.3) is 0 Å². The molecular formula is C26H25Cl2N3O3. The molecule has 0 fully saturated rings. The summed E-state index contributed by atoms with van der Waals surface area (Å²) in [4.78, 5) is 14.5. The minimum Gasteiger partial charge on any atom is -0.496 e. The molecule has 0 bridgehead atoms. The molecular weight excluding hydrogens is 473 g/mol. The van der Waals surface area contributed by atoms with Crippen molar-refractivity contribution in [3.05, 3.63) is 87.4 Å². The van der Waals surface area contributed by atoms with Gasteiger partial charge in [0.2, 0.25) is 0 Å². The Morgan fingerprint density at radius 3 is 2.76 bits per heavy atom. The number of para-hydroxylation sites is 1. The molecule has 4 rings (SSSR count). The number of rotatable bonds is 8. The molecule has 0 saturated carbocycles. The molecule has 3 aromatic rings. The Morgan fingerprint density at radius 2 is 1.94 bits per heavy atom. The minimum atomic E-state index is -0.402. The first-order chi connectivity index (χ1) is 16.5. The average Bonchev–Trinajstić information content (AvgIpc) is 2.84. The predicted molar refractivity (Wildman–Crippen MR) is 137 cm³/mol. The standard InChI is InChI=1S/C26H25Cl2N3O3/c1-33-24-10-8-18(13-20(24)16-31-12-4-6-19-5-2-3-7-23(19)31)15-29-30-26(32)17-34-25-11-9-21(27)14-22(25)28/h2-3,5,7-11,13-15H,4,6,12,16-17H2,1H3,(H,30,32). The fourth-order valence-corrected chi connectivity index (χ4v) is 4.39. The number of anilines is 1. The van der Waals surface area contributed by atoms with Crippen molar-refractivity contribution in [3.8, 4) is 11.5 Å². The Kier molecular flexibility index (Phi) is 7.93. The highest BCUT2D eigenvalue weighted by molar-refractivity contribution is 6.35. The topological polar surface area (TPSA) is 63.2 Å². The van der Waals surface area contributed by atoms with Crippen molar-refractivity contribution in [1.82, 2.24) is 5.43 Å². The molecule has 34 heavy (non-hydrogen) atoms. The Bertz CT molecular complexity index is 1200. The predicted octanol–water partition coefficient (Wildman–Crippen LogP) is 5.48. The van der Waals surface area contributed by atoms with Crippen molar-refractivity contribution in [2.45, 2.75) is 19.4 Å².